The molecule has 0 radical (unpaired) electrons. The largest absolute Gasteiger partial charge is 0.381 e. The highest BCUT2D eigenvalue weighted by atomic mass is 16.5. The summed E-state index contributed by atoms with van der Waals surface area (Å²) in [5, 5.41) is 0. The van der Waals surface area contributed by atoms with E-state index < -0.39 is 0 Å². The summed E-state index contributed by atoms with van der Waals surface area (Å²) in [5.74, 6) is 3.81. The molecule has 0 aromatic heterocycles. The molecule has 1 heteroatoms. The number of hydrogen-bond acceptors (Lipinski definition) is 1. The van der Waals surface area contributed by atoms with Gasteiger partial charge in [0, 0.05) is 13.2 Å². The van der Waals surface area contributed by atoms with Crippen LogP contribution >= 0.6 is 0 Å². The van der Waals surface area contributed by atoms with Crippen molar-refractivity contribution in [2.75, 3.05) is 13.2 Å². The van der Waals surface area contributed by atoms with Crippen molar-refractivity contribution in [3.8, 4) is 0 Å². The highest BCUT2D eigenvalue weighted by molar-refractivity contribution is 4.90. The number of allylic oxidation sites excluding steroid dienone is 2. The first-order valence-corrected chi connectivity index (χ1v) is 10.1. The van der Waals surface area contributed by atoms with Gasteiger partial charge in [0.05, 0.1) is 0 Å². The van der Waals surface area contributed by atoms with Crippen molar-refractivity contribution < 1.29 is 4.74 Å². The summed E-state index contributed by atoms with van der Waals surface area (Å²) in [6.07, 6.45) is 20.7. The molecule has 2 fully saturated rings. The lowest BCUT2D eigenvalue weighted by atomic mass is 9.75. The highest BCUT2D eigenvalue weighted by Crippen LogP contribution is 2.36. The Balaban J connectivity index is 1.55. The van der Waals surface area contributed by atoms with E-state index in [0.717, 1.165) is 36.9 Å². The molecule has 2 aliphatic rings. The van der Waals surface area contributed by atoms with Crippen LogP contribution in [0.5, 0.6) is 0 Å². The van der Waals surface area contributed by atoms with Gasteiger partial charge in [-0.15, -0.1) is 0 Å². The van der Waals surface area contributed by atoms with E-state index in [0.29, 0.717) is 0 Å². The van der Waals surface area contributed by atoms with Gasteiger partial charge in [-0.2, -0.15) is 0 Å². The fourth-order valence-corrected chi connectivity index (χ4v) is 4.44. The Hall–Kier alpha value is -0.300. The van der Waals surface area contributed by atoms with Crippen molar-refractivity contribution >= 4 is 0 Å². The molecule has 0 spiro atoms. The van der Waals surface area contributed by atoms with Crippen LogP contribution in [0, 0.1) is 23.7 Å². The molecule has 0 heterocycles. The van der Waals surface area contributed by atoms with Crippen molar-refractivity contribution in [2.24, 2.45) is 23.7 Å². The molecule has 0 saturated heterocycles. The zero-order valence-corrected chi connectivity index (χ0v) is 15.1. The van der Waals surface area contributed by atoms with E-state index in [9.17, 15) is 0 Å². The molecule has 2 rings (SSSR count). The maximum atomic E-state index is 5.60. The van der Waals surface area contributed by atoms with E-state index >= 15 is 0 Å². The third kappa shape index (κ3) is 6.44. The summed E-state index contributed by atoms with van der Waals surface area (Å²) in [7, 11) is 0. The van der Waals surface area contributed by atoms with E-state index in [4.69, 9.17) is 4.74 Å². The molecule has 128 valence electrons. The van der Waals surface area contributed by atoms with Gasteiger partial charge >= 0.3 is 0 Å². The van der Waals surface area contributed by atoms with Gasteiger partial charge in [-0.05, 0) is 75.5 Å². The first kappa shape index (κ1) is 18.0. The van der Waals surface area contributed by atoms with Crippen LogP contribution in [0.4, 0.5) is 0 Å². The van der Waals surface area contributed by atoms with Crippen LogP contribution in [-0.4, -0.2) is 13.2 Å². The maximum absolute atomic E-state index is 5.60. The molecule has 0 aromatic carbocycles. The van der Waals surface area contributed by atoms with E-state index in [1.54, 1.807) is 0 Å². The van der Waals surface area contributed by atoms with E-state index in [1.807, 2.05) is 0 Å². The van der Waals surface area contributed by atoms with Gasteiger partial charge in [0.1, 0.15) is 0 Å². The van der Waals surface area contributed by atoms with Crippen LogP contribution in [0.2, 0.25) is 0 Å². The Kier molecular flexibility index (Phi) is 8.59. The van der Waals surface area contributed by atoms with E-state index in [2.05, 4.69) is 26.0 Å². The molecule has 0 N–H and O–H groups in total. The van der Waals surface area contributed by atoms with Crippen molar-refractivity contribution in [3.05, 3.63) is 12.2 Å². The SMILES string of the molecule is CC/C=C/[C@H]1CC[C@H](CC[C@H]2CC[C@H](COCC)CC2)CC1. The Morgan fingerprint density at radius 1 is 0.773 bits per heavy atom. The third-order valence-electron chi connectivity index (χ3n) is 6.04. The number of rotatable bonds is 8. The Morgan fingerprint density at radius 3 is 1.86 bits per heavy atom. The molecule has 1 nitrogen and oxygen atoms in total. The molecule has 2 saturated carbocycles. The zero-order chi connectivity index (χ0) is 15.6. The van der Waals surface area contributed by atoms with E-state index in [-0.39, 0.29) is 0 Å². The third-order valence-corrected chi connectivity index (χ3v) is 6.04. The second-order valence-electron chi connectivity index (χ2n) is 7.74. The first-order chi connectivity index (χ1) is 10.8. The van der Waals surface area contributed by atoms with Crippen LogP contribution < -0.4 is 0 Å². The van der Waals surface area contributed by atoms with Crippen molar-refractivity contribution in [1.82, 2.24) is 0 Å². The van der Waals surface area contributed by atoms with Crippen LogP contribution in [0.3, 0.4) is 0 Å². The first-order valence-electron chi connectivity index (χ1n) is 10.1. The summed E-state index contributed by atoms with van der Waals surface area (Å²) in [4.78, 5) is 0. The Labute approximate surface area is 138 Å². The molecular weight excluding hydrogens is 268 g/mol. The highest BCUT2D eigenvalue weighted by Gasteiger charge is 2.24. The van der Waals surface area contributed by atoms with E-state index in [1.165, 1.54) is 70.6 Å². The summed E-state index contributed by atoms with van der Waals surface area (Å²) in [6.45, 7) is 6.25. The van der Waals surface area contributed by atoms with Crippen molar-refractivity contribution in [1.29, 1.82) is 0 Å². The zero-order valence-electron chi connectivity index (χ0n) is 15.1. The summed E-state index contributed by atoms with van der Waals surface area (Å²) in [6, 6.07) is 0. The van der Waals surface area contributed by atoms with Crippen LogP contribution in [0.25, 0.3) is 0 Å². The van der Waals surface area contributed by atoms with Crippen molar-refractivity contribution in [2.45, 2.75) is 84.5 Å². The van der Waals surface area contributed by atoms with Gasteiger partial charge in [0.25, 0.3) is 0 Å². The average molecular weight is 307 g/mol. The second-order valence-corrected chi connectivity index (χ2v) is 7.74. The normalized spacial score (nSPS) is 33.4. The predicted molar refractivity (Wildman–Crippen MR) is 96.1 cm³/mol. The molecule has 0 aromatic rings. The number of ether oxygens (including phenoxy) is 1. The molecule has 0 bridgehead atoms. The quantitative estimate of drug-likeness (QED) is 0.473. The lowest BCUT2D eigenvalue weighted by molar-refractivity contribution is 0.0844. The Bertz CT molecular complexity index is 293. The van der Waals surface area contributed by atoms with Crippen LogP contribution in [-0.2, 0) is 4.74 Å². The molecule has 0 amide bonds. The van der Waals surface area contributed by atoms with Crippen LogP contribution in [0.15, 0.2) is 12.2 Å². The minimum atomic E-state index is 0.858. The molecule has 0 atom stereocenters. The molecule has 2 aliphatic carbocycles. The van der Waals surface area contributed by atoms with Gasteiger partial charge in [-0.1, -0.05) is 44.8 Å². The molecule has 22 heavy (non-hydrogen) atoms. The van der Waals surface area contributed by atoms with Gasteiger partial charge in [-0.25, -0.2) is 0 Å². The minimum Gasteiger partial charge on any atom is -0.381 e. The summed E-state index contributed by atoms with van der Waals surface area (Å²) in [5.41, 5.74) is 0. The molecule has 0 unspecified atom stereocenters. The Morgan fingerprint density at radius 2 is 1.32 bits per heavy atom. The smallest absolute Gasteiger partial charge is 0.0494 e. The topological polar surface area (TPSA) is 9.23 Å². The fourth-order valence-electron chi connectivity index (χ4n) is 4.44. The lowest BCUT2D eigenvalue weighted by Gasteiger charge is -2.31. The van der Waals surface area contributed by atoms with Crippen LogP contribution in [0.1, 0.15) is 84.5 Å². The fraction of sp³-hybridized carbons (Fsp3) is 0.905. The summed E-state index contributed by atoms with van der Waals surface area (Å²) < 4.78 is 5.60. The van der Waals surface area contributed by atoms with Gasteiger partial charge in [0.15, 0.2) is 0 Å². The molecular formula is C21H38O. The lowest BCUT2D eigenvalue weighted by Crippen LogP contribution is -2.20. The standard InChI is InChI=1S/C21H38O/c1-3-5-6-18-7-9-19(10-8-18)11-12-20-13-15-21(16-14-20)17-22-4-2/h5-6,18-21H,3-4,7-17H2,1-2H3/b6-5+/t18-,19-,20-,21-. The average Bonchev–Trinajstić information content (AvgIpc) is 2.58. The maximum Gasteiger partial charge on any atom is 0.0494 e. The molecule has 0 aliphatic heterocycles. The van der Waals surface area contributed by atoms with Gasteiger partial charge in [-0.3, -0.25) is 0 Å². The van der Waals surface area contributed by atoms with Crippen molar-refractivity contribution in [3.63, 3.8) is 0 Å². The summed E-state index contributed by atoms with van der Waals surface area (Å²) >= 11 is 0. The predicted octanol–water partition coefficient (Wildman–Crippen LogP) is 6.38. The van der Waals surface area contributed by atoms with Gasteiger partial charge in [0.2, 0.25) is 0 Å². The monoisotopic (exact) mass is 306 g/mol. The number of hydrogen-bond donors (Lipinski definition) is 0. The second kappa shape index (κ2) is 10.5. The van der Waals surface area contributed by atoms with Gasteiger partial charge < -0.3 is 4.74 Å². The minimum absolute atomic E-state index is 0.858.